The third kappa shape index (κ3) is 4.54. The molecule has 8 nitrogen and oxygen atoms in total. The molecule has 5 rings (SSSR count). The molecular weight excluding hydrogens is 470 g/mol. The normalized spacial score (nSPS) is 34.1. The van der Waals surface area contributed by atoms with Gasteiger partial charge in [0.2, 0.25) is 17.7 Å². The number of likely N-dealkylation sites (tertiary alicyclic amines) is 1. The Labute approximate surface area is 219 Å². The number of hydrogen-bond donors (Lipinski definition) is 2. The monoisotopic (exact) mass is 509 g/mol. The summed E-state index contributed by atoms with van der Waals surface area (Å²) >= 11 is 0. The van der Waals surface area contributed by atoms with E-state index in [9.17, 15) is 14.4 Å². The van der Waals surface area contributed by atoms with Crippen LogP contribution in [0, 0.1) is 23.7 Å². The molecule has 1 aromatic rings. The van der Waals surface area contributed by atoms with Gasteiger partial charge in [0.05, 0.1) is 25.0 Å². The molecule has 37 heavy (non-hydrogen) atoms. The van der Waals surface area contributed by atoms with E-state index in [0.29, 0.717) is 29.8 Å². The fourth-order valence-corrected chi connectivity index (χ4v) is 6.62. The van der Waals surface area contributed by atoms with Crippen molar-refractivity contribution in [1.29, 1.82) is 0 Å². The molecule has 1 aromatic carbocycles. The highest BCUT2D eigenvalue weighted by Crippen LogP contribution is 2.55. The average Bonchev–Trinajstić information content (AvgIpc) is 3.51. The molecule has 1 aliphatic carbocycles. The molecular formula is C29H39N3O5. The van der Waals surface area contributed by atoms with Gasteiger partial charge in [0.15, 0.2) is 0 Å². The van der Waals surface area contributed by atoms with Gasteiger partial charge in [-0.3, -0.25) is 14.4 Å². The molecule has 3 heterocycles. The molecule has 3 aliphatic heterocycles. The molecule has 2 saturated heterocycles. The van der Waals surface area contributed by atoms with E-state index >= 15 is 0 Å². The Bertz CT molecular complexity index is 1090. The zero-order valence-corrected chi connectivity index (χ0v) is 22.2. The van der Waals surface area contributed by atoms with Gasteiger partial charge in [0, 0.05) is 24.3 Å². The molecule has 2 N–H and O–H groups in total. The molecule has 1 spiro atoms. The highest BCUT2D eigenvalue weighted by molar-refractivity contribution is 6.02. The number of carbonyl (C=O) groups excluding carboxylic acids is 3. The van der Waals surface area contributed by atoms with E-state index in [0.717, 1.165) is 25.7 Å². The lowest BCUT2D eigenvalue weighted by molar-refractivity contribution is -0.141. The van der Waals surface area contributed by atoms with E-state index in [-0.39, 0.29) is 23.8 Å². The van der Waals surface area contributed by atoms with E-state index in [4.69, 9.17) is 9.47 Å². The van der Waals surface area contributed by atoms with Crippen LogP contribution in [0.2, 0.25) is 0 Å². The Kier molecular flexibility index (Phi) is 7.05. The number of methoxy groups -OCH3 is 1. The minimum atomic E-state index is -1.13. The van der Waals surface area contributed by atoms with Crippen molar-refractivity contribution in [3.8, 4) is 5.75 Å². The van der Waals surface area contributed by atoms with Crippen LogP contribution >= 0.6 is 0 Å². The maximum Gasteiger partial charge on any atom is 0.246 e. The Morgan fingerprint density at radius 2 is 2.00 bits per heavy atom. The largest absolute Gasteiger partial charge is 0.497 e. The topological polar surface area (TPSA) is 97.0 Å². The van der Waals surface area contributed by atoms with Crippen LogP contribution in [0.1, 0.15) is 52.9 Å². The first kappa shape index (κ1) is 25.8. The number of carbonyl (C=O) groups is 3. The molecule has 200 valence electrons. The number of benzene rings is 1. The summed E-state index contributed by atoms with van der Waals surface area (Å²) in [4.78, 5) is 43.1. The van der Waals surface area contributed by atoms with Gasteiger partial charge in [-0.25, -0.2) is 0 Å². The number of nitrogens with one attached hydrogen (secondary N) is 2. The second kappa shape index (κ2) is 10.1. The van der Waals surface area contributed by atoms with Crippen molar-refractivity contribution in [3.63, 3.8) is 0 Å². The lowest BCUT2D eigenvalue weighted by Crippen LogP contribution is -2.57. The Hall–Kier alpha value is -2.87. The smallest absolute Gasteiger partial charge is 0.246 e. The Morgan fingerprint density at radius 1 is 1.22 bits per heavy atom. The van der Waals surface area contributed by atoms with Crippen molar-refractivity contribution in [3.05, 3.63) is 36.4 Å². The molecule has 2 bridgehead atoms. The lowest BCUT2D eigenvalue weighted by Gasteiger charge is -2.36. The highest BCUT2D eigenvalue weighted by atomic mass is 16.5. The summed E-state index contributed by atoms with van der Waals surface area (Å²) in [5, 5.41) is 6.22. The number of anilines is 1. The third-order valence-electron chi connectivity index (χ3n) is 8.65. The zero-order chi connectivity index (χ0) is 26.3. The Balaban J connectivity index is 1.43. The van der Waals surface area contributed by atoms with Crippen molar-refractivity contribution in [2.75, 3.05) is 19.0 Å². The molecule has 0 unspecified atom stereocenters. The summed E-state index contributed by atoms with van der Waals surface area (Å²) in [5.41, 5.74) is -0.537. The summed E-state index contributed by atoms with van der Waals surface area (Å²) in [6, 6.07) is 6.44. The van der Waals surface area contributed by atoms with Gasteiger partial charge in [-0.15, -0.1) is 0 Å². The molecule has 3 fully saturated rings. The lowest BCUT2D eigenvalue weighted by atomic mass is 9.74. The number of amides is 3. The highest BCUT2D eigenvalue weighted by Gasteiger charge is 2.72. The number of fused-ring (bicyclic) bond motifs is 1. The van der Waals surface area contributed by atoms with Crippen LogP contribution in [-0.4, -0.2) is 60.1 Å². The minimum Gasteiger partial charge on any atom is -0.497 e. The maximum atomic E-state index is 14.0. The van der Waals surface area contributed by atoms with Crippen molar-refractivity contribution in [1.82, 2.24) is 10.2 Å². The van der Waals surface area contributed by atoms with Crippen LogP contribution in [-0.2, 0) is 19.1 Å². The number of nitrogens with zero attached hydrogens (tertiary/aromatic N) is 1. The van der Waals surface area contributed by atoms with Crippen LogP contribution in [0.25, 0.3) is 0 Å². The van der Waals surface area contributed by atoms with Crippen molar-refractivity contribution in [2.24, 2.45) is 23.7 Å². The first-order valence-corrected chi connectivity index (χ1v) is 13.7. The predicted molar refractivity (Wildman–Crippen MR) is 140 cm³/mol. The molecule has 0 radical (unpaired) electrons. The summed E-state index contributed by atoms with van der Waals surface area (Å²) in [7, 11) is 1.57. The molecule has 7 atom stereocenters. The van der Waals surface area contributed by atoms with Gasteiger partial charge >= 0.3 is 0 Å². The Morgan fingerprint density at radius 3 is 2.73 bits per heavy atom. The zero-order valence-electron chi connectivity index (χ0n) is 22.2. The molecule has 4 aliphatic rings. The van der Waals surface area contributed by atoms with Gasteiger partial charge in [-0.2, -0.15) is 0 Å². The molecule has 1 saturated carbocycles. The van der Waals surface area contributed by atoms with Crippen LogP contribution in [0.5, 0.6) is 5.75 Å². The van der Waals surface area contributed by atoms with E-state index in [1.165, 1.54) is 6.42 Å². The number of ether oxygens (including phenoxy) is 2. The molecule has 8 heteroatoms. The average molecular weight is 510 g/mol. The van der Waals surface area contributed by atoms with E-state index in [1.807, 2.05) is 12.2 Å². The van der Waals surface area contributed by atoms with Gasteiger partial charge in [-0.05, 0) is 43.2 Å². The van der Waals surface area contributed by atoms with Gasteiger partial charge in [0.1, 0.15) is 17.4 Å². The predicted octanol–water partition coefficient (Wildman–Crippen LogP) is 3.53. The fraction of sp³-hybridized carbons (Fsp3) is 0.621. The maximum absolute atomic E-state index is 14.0. The summed E-state index contributed by atoms with van der Waals surface area (Å²) < 4.78 is 11.7. The quantitative estimate of drug-likeness (QED) is 0.523. The fourth-order valence-electron chi connectivity index (χ4n) is 6.62. The number of hydrogen-bond acceptors (Lipinski definition) is 5. The van der Waals surface area contributed by atoms with E-state index < -0.39 is 29.6 Å². The van der Waals surface area contributed by atoms with Crippen molar-refractivity contribution < 1.29 is 23.9 Å². The first-order chi connectivity index (χ1) is 17.7. The second-order valence-electron chi connectivity index (χ2n) is 11.5. The van der Waals surface area contributed by atoms with Gasteiger partial charge in [-0.1, -0.05) is 51.8 Å². The van der Waals surface area contributed by atoms with Gasteiger partial charge in [0.25, 0.3) is 0 Å². The van der Waals surface area contributed by atoms with Crippen LogP contribution in [0.4, 0.5) is 5.69 Å². The van der Waals surface area contributed by atoms with Crippen LogP contribution in [0.15, 0.2) is 36.4 Å². The second-order valence-corrected chi connectivity index (χ2v) is 11.5. The molecule has 0 aromatic heterocycles. The standard InChI is InChI=1S/C29H39N3O5/c1-17(2)13-15-32-25(27(34)31-21-11-6-5-8-18(21)3)29-14-12-22(37-29)23(24(29)28(32)35)26(33)30-19-9-7-10-20(16-19)36-4/h7,9-10,12,14,16-18,21-25H,5-6,8,11,13,15H2,1-4H3,(H,30,33)(H,31,34)/t18-,21+,22+,23-,24+,25+,29+/m0/s1. The van der Waals surface area contributed by atoms with E-state index in [1.54, 1.807) is 36.3 Å². The van der Waals surface area contributed by atoms with Crippen molar-refractivity contribution >= 4 is 23.4 Å². The molecule has 3 amide bonds. The summed E-state index contributed by atoms with van der Waals surface area (Å²) in [6.07, 6.45) is 8.26. The summed E-state index contributed by atoms with van der Waals surface area (Å²) in [5.74, 6) is -0.681. The SMILES string of the molecule is COc1cccc(NC(=O)[C@H]2[C@H]3C=C[C@@]4(O3)[C@H]2C(=O)N(CCC(C)C)[C@@H]4C(=O)N[C@@H]2CCCC[C@@H]2C)c1. The van der Waals surface area contributed by atoms with Crippen LogP contribution < -0.4 is 15.4 Å². The first-order valence-electron chi connectivity index (χ1n) is 13.7. The van der Waals surface area contributed by atoms with E-state index in [2.05, 4.69) is 31.4 Å². The van der Waals surface area contributed by atoms with Crippen LogP contribution in [0.3, 0.4) is 0 Å². The minimum absolute atomic E-state index is 0.0912. The number of rotatable bonds is 8. The van der Waals surface area contributed by atoms with Gasteiger partial charge < -0.3 is 25.0 Å². The third-order valence-corrected chi connectivity index (χ3v) is 8.65. The van der Waals surface area contributed by atoms with Crippen molar-refractivity contribution in [2.45, 2.75) is 76.7 Å². The summed E-state index contributed by atoms with van der Waals surface area (Å²) in [6.45, 7) is 6.84.